The normalized spacial score (nSPS) is 14.9. The van der Waals surface area contributed by atoms with E-state index in [0.717, 1.165) is 24.8 Å². The van der Waals surface area contributed by atoms with Crippen LogP contribution in [-0.2, 0) is 0 Å². The number of furan rings is 1. The van der Waals surface area contributed by atoms with E-state index in [-0.39, 0.29) is 5.91 Å². The van der Waals surface area contributed by atoms with Crippen LogP contribution < -0.4 is 10.2 Å². The molecular formula is C16H20N4O2. The zero-order valence-electron chi connectivity index (χ0n) is 12.9. The third kappa shape index (κ3) is 3.10. The zero-order valence-corrected chi connectivity index (χ0v) is 12.9. The van der Waals surface area contributed by atoms with Gasteiger partial charge in [-0.2, -0.15) is 0 Å². The number of nitrogens with zero attached hydrogens (tertiary/aromatic N) is 3. The van der Waals surface area contributed by atoms with E-state index in [2.05, 4.69) is 20.2 Å². The number of piperidine rings is 1. The number of rotatable bonds is 3. The van der Waals surface area contributed by atoms with Crippen molar-refractivity contribution < 1.29 is 9.21 Å². The summed E-state index contributed by atoms with van der Waals surface area (Å²) in [4.78, 5) is 23.1. The average molecular weight is 300 g/mol. The molecule has 0 aliphatic carbocycles. The van der Waals surface area contributed by atoms with Crippen LogP contribution in [0.3, 0.4) is 0 Å². The molecule has 0 saturated carbocycles. The highest BCUT2D eigenvalue weighted by atomic mass is 16.3. The molecule has 6 nitrogen and oxygen atoms in total. The molecule has 22 heavy (non-hydrogen) atoms. The molecule has 0 atom stereocenters. The van der Waals surface area contributed by atoms with E-state index in [4.69, 9.17) is 4.42 Å². The number of hydrogen-bond donors (Lipinski definition) is 1. The summed E-state index contributed by atoms with van der Waals surface area (Å²) in [5, 5.41) is 2.80. The first-order chi connectivity index (χ1) is 10.6. The van der Waals surface area contributed by atoms with E-state index >= 15 is 0 Å². The SMILES string of the molecule is Cc1cc(C(=O)Nc2cnc(N3CCCCC3)nc2)c(C)o1. The van der Waals surface area contributed by atoms with Gasteiger partial charge in [-0.3, -0.25) is 4.79 Å². The van der Waals surface area contributed by atoms with E-state index in [1.165, 1.54) is 19.3 Å². The average Bonchev–Trinajstić information content (AvgIpc) is 2.88. The minimum Gasteiger partial charge on any atom is -0.466 e. The van der Waals surface area contributed by atoms with Gasteiger partial charge in [-0.25, -0.2) is 9.97 Å². The fourth-order valence-corrected chi connectivity index (χ4v) is 2.70. The Bertz CT molecular complexity index is 657. The molecule has 0 aromatic carbocycles. The van der Waals surface area contributed by atoms with Crippen LogP contribution in [-0.4, -0.2) is 29.0 Å². The molecule has 1 N–H and O–H groups in total. The number of hydrogen-bond acceptors (Lipinski definition) is 5. The summed E-state index contributed by atoms with van der Waals surface area (Å²) in [5.41, 5.74) is 1.13. The maximum Gasteiger partial charge on any atom is 0.259 e. The highest BCUT2D eigenvalue weighted by molar-refractivity contribution is 6.04. The fraction of sp³-hybridized carbons (Fsp3) is 0.438. The summed E-state index contributed by atoms with van der Waals surface area (Å²) in [6, 6.07) is 1.73. The van der Waals surface area contributed by atoms with Crippen LogP contribution in [0.5, 0.6) is 0 Å². The molecule has 3 rings (SSSR count). The Morgan fingerprint density at radius 3 is 2.45 bits per heavy atom. The van der Waals surface area contributed by atoms with Crippen molar-refractivity contribution in [3.8, 4) is 0 Å². The second-order valence-electron chi connectivity index (χ2n) is 5.60. The maximum atomic E-state index is 12.2. The molecule has 1 amide bonds. The molecule has 1 aliphatic rings. The molecule has 6 heteroatoms. The lowest BCUT2D eigenvalue weighted by Gasteiger charge is -2.26. The predicted octanol–water partition coefficient (Wildman–Crippen LogP) is 2.93. The molecule has 116 valence electrons. The maximum absolute atomic E-state index is 12.2. The van der Waals surface area contributed by atoms with Gasteiger partial charge in [0.2, 0.25) is 5.95 Å². The Morgan fingerprint density at radius 1 is 1.18 bits per heavy atom. The van der Waals surface area contributed by atoms with Crippen LogP contribution in [0.15, 0.2) is 22.9 Å². The quantitative estimate of drug-likeness (QED) is 0.943. The van der Waals surface area contributed by atoms with Crippen molar-refractivity contribution >= 4 is 17.5 Å². The van der Waals surface area contributed by atoms with Gasteiger partial charge in [0.25, 0.3) is 5.91 Å². The van der Waals surface area contributed by atoms with Gasteiger partial charge in [0.05, 0.1) is 23.6 Å². The second kappa shape index (κ2) is 6.17. The molecule has 3 heterocycles. The first kappa shape index (κ1) is 14.6. The summed E-state index contributed by atoms with van der Waals surface area (Å²) < 4.78 is 5.37. The van der Waals surface area contributed by atoms with Crippen molar-refractivity contribution in [3.05, 3.63) is 35.5 Å². The van der Waals surface area contributed by atoms with Crippen molar-refractivity contribution in [2.24, 2.45) is 0 Å². The van der Waals surface area contributed by atoms with Crippen molar-refractivity contribution in [2.75, 3.05) is 23.3 Å². The lowest BCUT2D eigenvalue weighted by Crippen LogP contribution is -2.30. The molecule has 0 unspecified atom stereocenters. The van der Waals surface area contributed by atoms with Gasteiger partial charge in [0.15, 0.2) is 0 Å². The molecule has 0 spiro atoms. The van der Waals surface area contributed by atoms with Gasteiger partial charge in [-0.1, -0.05) is 0 Å². The second-order valence-corrected chi connectivity index (χ2v) is 5.60. The summed E-state index contributed by atoms with van der Waals surface area (Å²) in [7, 11) is 0. The molecule has 0 bridgehead atoms. The summed E-state index contributed by atoms with van der Waals surface area (Å²) in [6.45, 7) is 5.59. The van der Waals surface area contributed by atoms with Crippen LogP contribution in [0.2, 0.25) is 0 Å². The number of carbonyl (C=O) groups is 1. The van der Waals surface area contributed by atoms with Crippen LogP contribution in [0.1, 0.15) is 41.1 Å². The fourth-order valence-electron chi connectivity index (χ4n) is 2.70. The van der Waals surface area contributed by atoms with Crippen molar-refractivity contribution in [2.45, 2.75) is 33.1 Å². The first-order valence-electron chi connectivity index (χ1n) is 7.59. The van der Waals surface area contributed by atoms with Crippen LogP contribution in [0.4, 0.5) is 11.6 Å². The van der Waals surface area contributed by atoms with E-state index < -0.39 is 0 Å². The minimum atomic E-state index is -0.205. The van der Waals surface area contributed by atoms with Crippen LogP contribution >= 0.6 is 0 Å². The van der Waals surface area contributed by atoms with Crippen LogP contribution in [0.25, 0.3) is 0 Å². The van der Waals surface area contributed by atoms with Crippen molar-refractivity contribution in [1.82, 2.24) is 9.97 Å². The Hall–Kier alpha value is -2.37. The Morgan fingerprint density at radius 2 is 1.86 bits per heavy atom. The number of anilines is 2. The first-order valence-corrected chi connectivity index (χ1v) is 7.59. The molecule has 0 radical (unpaired) electrons. The van der Waals surface area contributed by atoms with E-state index in [1.54, 1.807) is 25.4 Å². The number of carbonyl (C=O) groups excluding carboxylic acids is 1. The van der Waals surface area contributed by atoms with Crippen molar-refractivity contribution in [1.29, 1.82) is 0 Å². The highest BCUT2D eigenvalue weighted by Gasteiger charge is 2.15. The Labute approximate surface area is 129 Å². The Kier molecular flexibility index (Phi) is 4.09. The summed E-state index contributed by atoms with van der Waals surface area (Å²) >= 11 is 0. The Balaban J connectivity index is 1.68. The summed E-state index contributed by atoms with van der Waals surface area (Å²) in [6.07, 6.45) is 6.93. The van der Waals surface area contributed by atoms with Gasteiger partial charge >= 0.3 is 0 Å². The summed E-state index contributed by atoms with van der Waals surface area (Å²) in [5.74, 6) is 1.86. The third-order valence-electron chi connectivity index (χ3n) is 3.82. The molecular weight excluding hydrogens is 280 g/mol. The van der Waals surface area contributed by atoms with Gasteiger partial charge in [-0.05, 0) is 39.2 Å². The minimum absolute atomic E-state index is 0.205. The van der Waals surface area contributed by atoms with Gasteiger partial charge in [-0.15, -0.1) is 0 Å². The van der Waals surface area contributed by atoms with Gasteiger partial charge < -0.3 is 14.6 Å². The number of amides is 1. The highest BCUT2D eigenvalue weighted by Crippen LogP contribution is 2.18. The van der Waals surface area contributed by atoms with E-state index in [0.29, 0.717) is 17.0 Å². The lowest BCUT2D eigenvalue weighted by atomic mass is 10.1. The number of aromatic nitrogens is 2. The molecule has 2 aromatic rings. The molecule has 1 fully saturated rings. The molecule has 2 aromatic heterocycles. The lowest BCUT2D eigenvalue weighted by molar-refractivity contribution is 0.102. The van der Waals surface area contributed by atoms with Gasteiger partial charge in [0, 0.05) is 13.1 Å². The molecule has 1 saturated heterocycles. The zero-order chi connectivity index (χ0) is 15.5. The largest absolute Gasteiger partial charge is 0.466 e. The van der Waals surface area contributed by atoms with Crippen molar-refractivity contribution in [3.63, 3.8) is 0 Å². The smallest absolute Gasteiger partial charge is 0.259 e. The molecule has 1 aliphatic heterocycles. The standard InChI is InChI=1S/C16H20N4O2/c1-11-8-14(12(2)22-11)15(21)19-13-9-17-16(18-10-13)20-6-4-3-5-7-20/h8-10H,3-7H2,1-2H3,(H,19,21). The number of aryl methyl sites for hydroxylation is 2. The topological polar surface area (TPSA) is 71.3 Å². The van der Waals surface area contributed by atoms with Gasteiger partial charge in [0.1, 0.15) is 11.5 Å². The van der Waals surface area contributed by atoms with E-state index in [9.17, 15) is 4.79 Å². The predicted molar refractivity (Wildman–Crippen MR) is 84.2 cm³/mol. The monoisotopic (exact) mass is 300 g/mol. The van der Waals surface area contributed by atoms with E-state index in [1.807, 2.05) is 6.92 Å². The van der Waals surface area contributed by atoms with Crippen LogP contribution in [0, 0.1) is 13.8 Å². The third-order valence-corrected chi connectivity index (χ3v) is 3.82. The number of nitrogens with one attached hydrogen (secondary N) is 1.